The molecule has 1 aromatic carbocycles. The zero-order valence-electron chi connectivity index (χ0n) is 42.5. The van der Waals surface area contributed by atoms with Gasteiger partial charge in [-0.1, -0.05) is 65.3 Å². The van der Waals surface area contributed by atoms with Gasteiger partial charge in [0.25, 0.3) is 0 Å². The Bertz CT molecular complexity index is 2270. The Hall–Kier alpha value is -3.52. The van der Waals surface area contributed by atoms with E-state index in [0.29, 0.717) is 18.0 Å². The summed E-state index contributed by atoms with van der Waals surface area (Å²) in [6.07, 6.45) is 1.98. The summed E-state index contributed by atoms with van der Waals surface area (Å²) in [5.41, 5.74) is 1.74. The van der Waals surface area contributed by atoms with E-state index in [1.807, 2.05) is 30.5 Å². The quantitative estimate of drug-likeness (QED) is 0.0998. The van der Waals surface area contributed by atoms with Crippen molar-refractivity contribution in [1.82, 2.24) is 20.3 Å². The molecule has 70 heavy (non-hydrogen) atoms. The normalized spacial score (nSPS) is 43.0. The minimum Gasteiger partial charge on any atom is -0.497 e. The van der Waals surface area contributed by atoms with Gasteiger partial charge in [0.1, 0.15) is 60.7 Å². The molecule has 0 spiro atoms. The van der Waals surface area contributed by atoms with Gasteiger partial charge in [0.2, 0.25) is 5.91 Å². The Labute approximate surface area is 412 Å². The van der Waals surface area contributed by atoms with Crippen molar-refractivity contribution in [3.63, 3.8) is 0 Å². The number of benzene rings is 1. The number of carbonyl (C=O) groups excluding carboxylic acids is 2. The third-order valence-electron chi connectivity index (χ3n) is 19.5. The zero-order chi connectivity index (χ0) is 50.3. The summed E-state index contributed by atoms with van der Waals surface area (Å²) in [6.45, 7) is 17.5. The van der Waals surface area contributed by atoms with E-state index in [0.717, 1.165) is 69.2 Å². The maximum absolute atomic E-state index is 14.7. The van der Waals surface area contributed by atoms with Crippen molar-refractivity contribution >= 4 is 11.9 Å². The molecule has 2 aliphatic heterocycles. The Morgan fingerprint density at radius 3 is 2.30 bits per heavy atom. The number of hydrogen-bond donors (Lipinski definition) is 6. The maximum atomic E-state index is 14.7. The van der Waals surface area contributed by atoms with Crippen LogP contribution in [0.4, 0.5) is 0 Å². The molecule has 6 fully saturated rings. The van der Waals surface area contributed by atoms with E-state index in [9.17, 15) is 35.1 Å². The number of hydrogen-bond acceptors (Lipinski definition) is 15. The highest BCUT2D eigenvalue weighted by atomic mass is 16.7. The number of aliphatic hydroxyl groups is 5. The van der Waals surface area contributed by atoms with Crippen LogP contribution in [0.15, 0.2) is 42.1 Å². The van der Waals surface area contributed by atoms with Crippen LogP contribution in [0, 0.1) is 50.2 Å². The van der Waals surface area contributed by atoms with Gasteiger partial charge >= 0.3 is 5.97 Å². The zero-order valence-corrected chi connectivity index (χ0v) is 42.5. The lowest BCUT2D eigenvalue weighted by Gasteiger charge is -2.71. The van der Waals surface area contributed by atoms with Crippen molar-refractivity contribution in [2.75, 3.05) is 20.3 Å². The summed E-state index contributed by atoms with van der Waals surface area (Å²) in [5, 5.41) is 64.7. The number of fused-ring (bicyclic) bond motifs is 7. The SMILES string of the molecule is COc1ccc(-n2cc(COC(=O)[C@]34CCC(C)(C)C[C@H]3C3=CC[C@@H]5[C@@]6(C)CC[C@H](O[C@@H]7O[C@H](CO[C@@H]8OC[C@H](O)[C@H](O)[C@@H]8O)[C@@H](O)[C@H](O)[C@H]7NC(C)=O)C(C)(C)[C@@H]6CC[C@@]5(C)[C@]3(C)CC4)nn2)cc1. The summed E-state index contributed by atoms with van der Waals surface area (Å²) < 4.78 is 37.7. The number of ether oxygens (including phenoxy) is 6. The largest absolute Gasteiger partial charge is 0.497 e. The van der Waals surface area contributed by atoms with Gasteiger partial charge in [-0.05, 0) is 133 Å². The van der Waals surface area contributed by atoms with Gasteiger partial charge in [0.05, 0.1) is 43.7 Å². The number of nitrogens with one attached hydrogen (secondary N) is 1. The molecule has 0 radical (unpaired) electrons. The van der Waals surface area contributed by atoms with Crippen molar-refractivity contribution < 1.29 is 63.5 Å². The molecule has 0 unspecified atom stereocenters. The molecule has 4 saturated carbocycles. The molecule has 0 bridgehead atoms. The van der Waals surface area contributed by atoms with Crippen molar-refractivity contribution in [2.45, 2.75) is 188 Å². The van der Waals surface area contributed by atoms with Crippen LogP contribution in [-0.4, -0.2) is 134 Å². The van der Waals surface area contributed by atoms with Gasteiger partial charge in [-0.3, -0.25) is 9.59 Å². The highest BCUT2D eigenvalue weighted by Gasteiger charge is 2.70. The number of rotatable bonds is 11. The Morgan fingerprint density at radius 2 is 1.59 bits per heavy atom. The molecule has 17 heteroatoms. The number of carbonyl (C=O) groups is 2. The van der Waals surface area contributed by atoms with Crippen LogP contribution < -0.4 is 10.1 Å². The number of esters is 1. The third-order valence-corrected chi connectivity index (χ3v) is 19.5. The van der Waals surface area contributed by atoms with Crippen molar-refractivity contribution in [1.29, 1.82) is 0 Å². The summed E-state index contributed by atoms with van der Waals surface area (Å²) in [4.78, 5) is 27.2. The molecule has 9 rings (SSSR count). The molecule has 7 aliphatic rings. The Morgan fingerprint density at radius 1 is 0.857 bits per heavy atom. The van der Waals surface area contributed by atoms with Crippen LogP contribution in [0.1, 0.15) is 125 Å². The number of nitrogens with zero attached hydrogens (tertiary/aromatic N) is 3. The van der Waals surface area contributed by atoms with Crippen LogP contribution in [0.25, 0.3) is 5.69 Å². The van der Waals surface area contributed by atoms with E-state index in [1.165, 1.54) is 12.5 Å². The minimum absolute atomic E-state index is 0.0378. The summed E-state index contributed by atoms with van der Waals surface area (Å²) >= 11 is 0. The average molecular weight is 979 g/mol. The lowest BCUT2D eigenvalue weighted by molar-refractivity contribution is -0.322. The minimum atomic E-state index is -1.55. The van der Waals surface area contributed by atoms with E-state index in [2.05, 4.69) is 70.2 Å². The van der Waals surface area contributed by atoms with Gasteiger partial charge in [0, 0.05) is 6.92 Å². The fraction of sp³-hybridized carbons (Fsp3) is 0.774. The number of aliphatic hydroxyl groups excluding tert-OH is 5. The van der Waals surface area contributed by atoms with Crippen LogP contribution in [0.3, 0.4) is 0 Å². The smallest absolute Gasteiger partial charge is 0.313 e. The van der Waals surface area contributed by atoms with Crippen molar-refractivity contribution in [3.05, 3.63) is 47.8 Å². The summed E-state index contributed by atoms with van der Waals surface area (Å²) in [5.74, 6) is 0.893. The number of methoxy groups -OCH3 is 1. The average Bonchev–Trinajstić information content (AvgIpc) is 3.80. The van der Waals surface area contributed by atoms with Gasteiger partial charge < -0.3 is 59.3 Å². The first-order valence-electron chi connectivity index (χ1n) is 25.6. The molecule has 388 valence electrons. The Balaban J connectivity index is 0.921. The van der Waals surface area contributed by atoms with Gasteiger partial charge in [-0.2, -0.15) is 0 Å². The summed E-state index contributed by atoms with van der Waals surface area (Å²) in [6, 6.07) is 6.47. The van der Waals surface area contributed by atoms with Crippen LogP contribution in [-0.2, 0) is 39.9 Å². The third kappa shape index (κ3) is 8.63. The second-order valence-electron chi connectivity index (χ2n) is 24.1. The molecule has 2 saturated heterocycles. The molecule has 2 aromatic rings. The molecule has 17 nitrogen and oxygen atoms in total. The molecule has 3 heterocycles. The highest BCUT2D eigenvalue weighted by Crippen LogP contribution is 2.76. The van der Waals surface area contributed by atoms with Crippen molar-refractivity contribution in [3.8, 4) is 11.4 Å². The number of allylic oxidation sites excluding steroid dienone is 2. The predicted octanol–water partition coefficient (Wildman–Crippen LogP) is 4.91. The van der Waals surface area contributed by atoms with E-state index in [4.69, 9.17) is 28.4 Å². The first-order chi connectivity index (χ1) is 33.0. The van der Waals surface area contributed by atoms with Gasteiger partial charge in [-0.25, -0.2) is 4.68 Å². The summed E-state index contributed by atoms with van der Waals surface area (Å²) in [7, 11) is 1.63. The van der Waals surface area contributed by atoms with E-state index < -0.39 is 66.6 Å². The van der Waals surface area contributed by atoms with Gasteiger partial charge in [0.15, 0.2) is 12.6 Å². The highest BCUT2D eigenvalue weighted by molar-refractivity contribution is 5.79. The predicted molar refractivity (Wildman–Crippen MR) is 254 cm³/mol. The fourth-order valence-electron chi connectivity index (χ4n) is 15.2. The van der Waals surface area contributed by atoms with Crippen LogP contribution in [0.5, 0.6) is 5.75 Å². The second kappa shape index (κ2) is 18.8. The second-order valence-corrected chi connectivity index (χ2v) is 24.1. The molecule has 6 N–H and O–H groups in total. The van der Waals surface area contributed by atoms with Crippen molar-refractivity contribution in [2.24, 2.45) is 50.2 Å². The van der Waals surface area contributed by atoms with E-state index in [-0.39, 0.29) is 70.8 Å². The molecule has 1 aromatic heterocycles. The standard InChI is InChI=1S/C53H78N4O13/c1-29(58)54-40-43(62)42(61)36(28-67-46-44(63)41(60)35(59)27-66-46)69-45(40)70-39-17-18-50(6)37(49(39,4)5)16-19-52(8)38(50)15-14-33-34-24-48(2,3)20-22-53(34,23-21-51(33,52)7)47(64)68-26-30-25-57(56-55-30)31-10-12-32(65-9)13-11-31/h10-14,25,34-46,59-63H,15-24,26-28H2,1-9H3,(H,54,58)/t34-,35-,36+,37-,38+,39-,40+,41-,42+,43+,44-,45-,46-,50-,51+,52+,53-/m0/s1. The van der Waals surface area contributed by atoms with E-state index >= 15 is 0 Å². The van der Waals surface area contributed by atoms with Crippen LogP contribution in [0.2, 0.25) is 0 Å². The fourth-order valence-corrected chi connectivity index (χ4v) is 15.2. The molecule has 1 amide bonds. The number of amides is 1. The maximum Gasteiger partial charge on any atom is 0.313 e. The molecule has 17 atom stereocenters. The monoisotopic (exact) mass is 979 g/mol. The number of aromatic nitrogens is 3. The van der Waals surface area contributed by atoms with E-state index in [1.54, 1.807) is 11.8 Å². The molecular formula is C53H78N4O13. The van der Waals surface area contributed by atoms with Gasteiger partial charge in [-0.15, -0.1) is 5.10 Å². The molecule has 5 aliphatic carbocycles. The van der Waals surface area contributed by atoms with Crippen LogP contribution >= 0.6 is 0 Å². The lowest BCUT2D eigenvalue weighted by Crippen LogP contribution is -2.67. The lowest BCUT2D eigenvalue weighted by atomic mass is 9.33. The Kier molecular flexibility index (Phi) is 13.8. The molecular weight excluding hydrogens is 901 g/mol. The first kappa shape index (κ1) is 51.4. The first-order valence-corrected chi connectivity index (χ1v) is 25.6. The topological polar surface area (TPSA) is 233 Å².